The third kappa shape index (κ3) is 3.63. The van der Waals surface area contributed by atoms with E-state index < -0.39 is 4.92 Å². The van der Waals surface area contributed by atoms with Gasteiger partial charge in [0, 0.05) is 37.2 Å². The Labute approximate surface area is 162 Å². The first-order valence-corrected chi connectivity index (χ1v) is 9.27. The minimum atomic E-state index is -0.483. The lowest BCUT2D eigenvalue weighted by Crippen LogP contribution is -2.38. The summed E-state index contributed by atoms with van der Waals surface area (Å²) in [5.41, 5.74) is 1.81. The van der Waals surface area contributed by atoms with E-state index in [4.69, 9.17) is 9.47 Å². The van der Waals surface area contributed by atoms with Gasteiger partial charge in [-0.25, -0.2) is 0 Å². The molecular weight excluding hydrogens is 362 g/mol. The summed E-state index contributed by atoms with van der Waals surface area (Å²) in [6.45, 7) is 2.90. The molecule has 28 heavy (non-hydrogen) atoms. The molecule has 2 aliphatic heterocycles. The molecule has 4 rings (SSSR count). The molecule has 1 fully saturated rings. The van der Waals surface area contributed by atoms with Crippen molar-refractivity contribution < 1.29 is 19.2 Å². The highest BCUT2D eigenvalue weighted by Crippen LogP contribution is 2.33. The summed E-state index contributed by atoms with van der Waals surface area (Å²) >= 11 is 0. The van der Waals surface area contributed by atoms with Gasteiger partial charge < -0.3 is 19.7 Å². The van der Waals surface area contributed by atoms with E-state index in [9.17, 15) is 14.9 Å². The summed E-state index contributed by atoms with van der Waals surface area (Å²) in [5, 5.41) is 14.3. The summed E-state index contributed by atoms with van der Waals surface area (Å²) in [6, 6.07) is 11.8. The maximum absolute atomic E-state index is 13.1. The molecule has 8 heteroatoms. The van der Waals surface area contributed by atoms with Gasteiger partial charge in [0.2, 0.25) is 0 Å². The number of benzene rings is 2. The van der Waals surface area contributed by atoms with Crippen LogP contribution in [0.2, 0.25) is 0 Å². The van der Waals surface area contributed by atoms with E-state index >= 15 is 0 Å². The van der Waals surface area contributed by atoms with Crippen LogP contribution in [0.4, 0.5) is 11.4 Å². The van der Waals surface area contributed by atoms with Crippen LogP contribution in [0.25, 0.3) is 0 Å². The zero-order valence-corrected chi connectivity index (χ0v) is 15.3. The second-order valence-corrected chi connectivity index (χ2v) is 6.76. The summed E-state index contributed by atoms with van der Waals surface area (Å²) in [4.78, 5) is 25.9. The van der Waals surface area contributed by atoms with Crippen LogP contribution in [0.1, 0.15) is 28.4 Å². The molecule has 1 amide bonds. The third-order valence-corrected chi connectivity index (χ3v) is 5.05. The molecule has 0 spiro atoms. The Morgan fingerprint density at radius 2 is 1.93 bits per heavy atom. The van der Waals surface area contributed by atoms with Gasteiger partial charge in [0.05, 0.1) is 42.0 Å². The number of ether oxygens (including phenoxy) is 2. The molecule has 8 nitrogen and oxygen atoms in total. The second kappa shape index (κ2) is 7.85. The molecule has 0 saturated carbocycles. The highest BCUT2D eigenvalue weighted by molar-refractivity contribution is 6.00. The van der Waals surface area contributed by atoms with E-state index in [2.05, 4.69) is 5.32 Å². The van der Waals surface area contributed by atoms with Crippen LogP contribution in [0.5, 0.6) is 5.75 Å². The first-order chi connectivity index (χ1) is 13.6. The van der Waals surface area contributed by atoms with Crippen LogP contribution in [-0.2, 0) is 4.74 Å². The van der Waals surface area contributed by atoms with Gasteiger partial charge in [-0.2, -0.15) is 0 Å². The van der Waals surface area contributed by atoms with Crippen LogP contribution < -0.4 is 15.0 Å². The molecule has 2 aliphatic rings. The zero-order valence-electron chi connectivity index (χ0n) is 15.3. The minimum absolute atomic E-state index is 0.102. The Balaban J connectivity index is 1.64. The molecule has 1 N–H and O–H groups in total. The smallest absolute Gasteiger partial charge is 0.270 e. The minimum Gasteiger partial charge on any atom is -0.493 e. The van der Waals surface area contributed by atoms with Gasteiger partial charge in [-0.05, 0) is 12.1 Å². The summed E-state index contributed by atoms with van der Waals surface area (Å²) in [7, 11) is 0. The van der Waals surface area contributed by atoms with Crippen molar-refractivity contribution in [1.82, 2.24) is 5.32 Å². The number of nitro benzene ring substituents is 1. The summed E-state index contributed by atoms with van der Waals surface area (Å²) in [6.07, 6.45) is 0.643. The average Bonchev–Trinajstić information content (AvgIpc) is 2.74. The van der Waals surface area contributed by atoms with Gasteiger partial charge in [-0.1, -0.05) is 18.2 Å². The maximum atomic E-state index is 13.1. The average molecular weight is 383 g/mol. The number of amides is 1. The molecule has 0 aromatic heterocycles. The molecule has 0 aliphatic carbocycles. The predicted molar refractivity (Wildman–Crippen MR) is 103 cm³/mol. The summed E-state index contributed by atoms with van der Waals surface area (Å²) < 4.78 is 11.0. The van der Waals surface area contributed by atoms with Crippen molar-refractivity contribution in [2.24, 2.45) is 0 Å². The maximum Gasteiger partial charge on any atom is 0.270 e. The Bertz CT molecular complexity index is 895. The molecule has 2 heterocycles. The number of non-ortho nitro benzene ring substituents is 1. The van der Waals surface area contributed by atoms with Crippen LogP contribution in [0.15, 0.2) is 42.5 Å². The number of rotatable bonds is 4. The number of para-hydroxylation sites is 1. The molecule has 2 aromatic carbocycles. The SMILES string of the molecule is O=C(NC1CCOc2ccccc21)c1cc([N+](=O)[O-])ccc1N1CCOCC1. The number of hydrogen-bond acceptors (Lipinski definition) is 6. The third-order valence-electron chi connectivity index (χ3n) is 5.05. The van der Waals surface area contributed by atoms with Crippen molar-refractivity contribution in [3.8, 4) is 5.75 Å². The van der Waals surface area contributed by atoms with E-state index in [0.717, 1.165) is 11.3 Å². The predicted octanol–water partition coefficient (Wildman–Crippen LogP) is 2.69. The number of morpholine rings is 1. The lowest BCUT2D eigenvalue weighted by molar-refractivity contribution is -0.384. The van der Waals surface area contributed by atoms with Crippen molar-refractivity contribution in [1.29, 1.82) is 0 Å². The molecule has 146 valence electrons. The molecule has 2 aromatic rings. The van der Waals surface area contributed by atoms with Gasteiger partial charge in [0.25, 0.3) is 11.6 Å². The van der Waals surface area contributed by atoms with Gasteiger partial charge >= 0.3 is 0 Å². The van der Waals surface area contributed by atoms with E-state index in [0.29, 0.717) is 50.6 Å². The molecule has 0 radical (unpaired) electrons. The topological polar surface area (TPSA) is 93.9 Å². The molecule has 1 unspecified atom stereocenters. The van der Waals surface area contributed by atoms with Crippen molar-refractivity contribution >= 4 is 17.3 Å². The highest BCUT2D eigenvalue weighted by atomic mass is 16.6. The van der Waals surface area contributed by atoms with Crippen LogP contribution in [0, 0.1) is 10.1 Å². The quantitative estimate of drug-likeness (QED) is 0.644. The fourth-order valence-corrected chi connectivity index (χ4v) is 3.63. The number of nitrogens with one attached hydrogen (secondary N) is 1. The van der Waals surface area contributed by atoms with Crippen molar-refractivity contribution in [2.75, 3.05) is 37.8 Å². The van der Waals surface area contributed by atoms with E-state index in [-0.39, 0.29) is 17.6 Å². The highest BCUT2D eigenvalue weighted by Gasteiger charge is 2.27. The second-order valence-electron chi connectivity index (χ2n) is 6.76. The van der Waals surface area contributed by atoms with Crippen molar-refractivity contribution in [3.63, 3.8) is 0 Å². The number of carbonyl (C=O) groups is 1. The van der Waals surface area contributed by atoms with E-state index in [1.54, 1.807) is 6.07 Å². The van der Waals surface area contributed by atoms with Crippen LogP contribution in [0.3, 0.4) is 0 Å². The van der Waals surface area contributed by atoms with Crippen molar-refractivity contribution in [3.05, 3.63) is 63.7 Å². The Kier molecular flexibility index (Phi) is 5.12. The molecular formula is C20H21N3O5. The van der Waals surface area contributed by atoms with Crippen molar-refractivity contribution in [2.45, 2.75) is 12.5 Å². The van der Waals surface area contributed by atoms with Crippen LogP contribution >= 0.6 is 0 Å². The van der Waals surface area contributed by atoms with Gasteiger partial charge in [0.15, 0.2) is 0 Å². The summed E-state index contributed by atoms with van der Waals surface area (Å²) in [5.74, 6) is 0.429. The van der Waals surface area contributed by atoms with Crippen LogP contribution in [-0.4, -0.2) is 43.7 Å². The number of hydrogen-bond donors (Lipinski definition) is 1. The molecule has 0 bridgehead atoms. The Morgan fingerprint density at radius 3 is 2.71 bits per heavy atom. The number of anilines is 1. The zero-order chi connectivity index (χ0) is 19.5. The van der Waals surface area contributed by atoms with Gasteiger partial charge in [0.1, 0.15) is 5.75 Å². The lowest BCUT2D eigenvalue weighted by atomic mass is 9.99. The Hall–Kier alpha value is -3.13. The number of carbonyl (C=O) groups excluding carboxylic acids is 1. The number of fused-ring (bicyclic) bond motifs is 1. The largest absolute Gasteiger partial charge is 0.493 e. The number of nitrogens with zero attached hydrogens (tertiary/aromatic N) is 2. The van der Waals surface area contributed by atoms with Gasteiger partial charge in [-0.15, -0.1) is 0 Å². The number of nitro groups is 1. The fourth-order valence-electron chi connectivity index (χ4n) is 3.63. The Morgan fingerprint density at radius 1 is 1.14 bits per heavy atom. The van der Waals surface area contributed by atoms with E-state index in [1.165, 1.54) is 12.1 Å². The first-order valence-electron chi connectivity index (χ1n) is 9.27. The molecule has 1 saturated heterocycles. The fraction of sp³-hybridized carbons (Fsp3) is 0.350. The molecule has 1 atom stereocenters. The first kappa shape index (κ1) is 18.2. The normalized spacial score (nSPS) is 18.7. The van der Waals surface area contributed by atoms with Gasteiger partial charge in [-0.3, -0.25) is 14.9 Å². The lowest BCUT2D eigenvalue weighted by Gasteiger charge is -2.31. The monoisotopic (exact) mass is 383 g/mol. The van der Waals surface area contributed by atoms with E-state index in [1.807, 2.05) is 29.2 Å². The standard InChI is InChI=1S/C20H21N3O5/c24-20(21-17-7-10-28-19-4-2-1-3-15(17)19)16-13-14(23(25)26)5-6-18(16)22-8-11-27-12-9-22/h1-6,13,17H,7-12H2,(H,21,24).